The molecule has 0 aromatic rings. The Morgan fingerprint density at radius 3 is 2.56 bits per heavy atom. The number of nitrogens with two attached hydrogens (primary N) is 1. The topological polar surface area (TPSA) is 49.6 Å². The van der Waals surface area contributed by atoms with E-state index >= 15 is 0 Å². The molecule has 0 bridgehead atoms. The Labute approximate surface area is 98.8 Å². The zero-order valence-electron chi connectivity index (χ0n) is 10.9. The maximum absolute atomic E-state index is 12.1. The molecule has 0 aromatic heterocycles. The highest BCUT2D eigenvalue weighted by Crippen LogP contribution is 2.15. The summed E-state index contributed by atoms with van der Waals surface area (Å²) in [5, 5.41) is 0. The van der Waals surface area contributed by atoms with Crippen molar-refractivity contribution in [3.05, 3.63) is 0 Å². The van der Waals surface area contributed by atoms with Gasteiger partial charge in [0.2, 0.25) is 5.91 Å². The Balaban J connectivity index is 2.56. The van der Waals surface area contributed by atoms with Gasteiger partial charge in [-0.25, -0.2) is 0 Å². The van der Waals surface area contributed by atoms with Crippen molar-refractivity contribution < 1.29 is 4.79 Å². The fourth-order valence-corrected chi connectivity index (χ4v) is 2.07. The van der Waals surface area contributed by atoms with Gasteiger partial charge in [-0.05, 0) is 32.9 Å². The number of carbonyl (C=O) groups is 1. The van der Waals surface area contributed by atoms with Gasteiger partial charge >= 0.3 is 0 Å². The summed E-state index contributed by atoms with van der Waals surface area (Å²) < 4.78 is 0. The average molecular weight is 227 g/mol. The molecule has 94 valence electrons. The first-order valence-electron chi connectivity index (χ1n) is 6.14. The van der Waals surface area contributed by atoms with Crippen LogP contribution < -0.4 is 5.73 Å². The fourth-order valence-electron chi connectivity index (χ4n) is 2.07. The maximum atomic E-state index is 12.1. The monoisotopic (exact) mass is 227 g/mol. The molecular weight excluding hydrogens is 202 g/mol. The van der Waals surface area contributed by atoms with E-state index in [0.717, 1.165) is 19.5 Å². The maximum Gasteiger partial charge on any atom is 0.239 e. The zero-order valence-corrected chi connectivity index (χ0v) is 10.9. The van der Waals surface area contributed by atoms with Gasteiger partial charge in [0.25, 0.3) is 0 Å². The molecule has 1 rings (SSSR count). The molecule has 2 atom stereocenters. The SMILES string of the molecule is CC(C)[C@H](N)C(=O)N1CCC[C@H](N(C)C)C1. The second kappa shape index (κ2) is 5.64. The van der Waals surface area contributed by atoms with E-state index in [-0.39, 0.29) is 17.9 Å². The summed E-state index contributed by atoms with van der Waals surface area (Å²) in [6, 6.07) is 0.137. The highest BCUT2D eigenvalue weighted by atomic mass is 16.2. The standard InChI is InChI=1S/C12H25N3O/c1-9(2)11(13)12(16)15-7-5-6-10(8-15)14(3)4/h9-11H,5-8,13H2,1-4H3/t10-,11-/m0/s1. The van der Waals surface area contributed by atoms with Crippen LogP contribution in [0, 0.1) is 5.92 Å². The van der Waals surface area contributed by atoms with Crippen LogP contribution in [0.5, 0.6) is 0 Å². The van der Waals surface area contributed by atoms with Crippen molar-refractivity contribution in [2.24, 2.45) is 11.7 Å². The second-order valence-electron chi connectivity index (χ2n) is 5.31. The van der Waals surface area contributed by atoms with E-state index in [1.54, 1.807) is 0 Å². The minimum Gasteiger partial charge on any atom is -0.340 e. The van der Waals surface area contributed by atoms with Gasteiger partial charge in [-0.2, -0.15) is 0 Å². The van der Waals surface area contributed by atoms with Crippen LogP contribution in [-0.4, -0.2) is 55.0 Å². The van der Waals surface area contributed by atoms with Crippen LogP contribution in [0.2, 0.25) is 0 Å². The lowest BCUT2D eigenvalue weighted by Gasteiger charge is -2.37. The van der Waals surface area contributed by atoms with E-state index in [4.69, 9.17) is 5.73 Å². The lowest BCUT2D eigenvalue weighted by Crippen LogP contribution is -2.53. The molecule has 4 nitrogen and oxygen atoms in total. The molecule has 1 fully saturated rings. The average Bonchev–Trinajstić information content (AvgIpc) is 2.27. The lowest BCUT2D eigenvalue weighted by molar-refractivity contribution is -0.135. The zero-order chi connectivity index (χ0) is 12.3. The van der Waals surface area contributed by atoms with Crippen LogP contribution in [0.3, 0.4) is 0 Å². The van der Waals surface area contributed by atoms with Crippen LogP contribution in [0.15, 0.2) is 0 Å². The quantitative estimate of drug-likeness (QED) is 0.765. The third-order valence-electron chi connectivity index (χ3n) is 3.44. The predicted octanol–water partition coefficient (Wildman–Crippen LogP) is 0.522. The van der Waals surface area contributed by atoms with E-state index in [0.29, 0.717) is 6.04 Å². The summed E-state index contributed by atoms with van der Waals surface area (Å²) in [5.74, 6) is 0.328. The van der Waals surface area contributed by atoms with E-state index in [1.807, 2.05) is 18.7 Å². The molecule has 4 heteroatoms. The molecule has 1 aliphatic rings. The summed E-state index contributed by atoms with van der Waals surface area (Å²) >= 11 is 0. The van der Waals surface area contributed by atoms with Crippen molar-refractivity contribution in [3.8, 4) is 0 Å². The number of likely N-dealkylation sites (tertiary alicyclic amines) is 1. The Bertz CT molecular complexity index is 240. The number of hydrogen-bond acceptors (Lipinski definition) is 3. The first-order valence-corrected chi connectivity index (χ1v) is 6.14. The third kappa shape index (κ3) is 3.19. The summed E-state index contributed by atoms with van der Waals surface area (Å²) in [5.41, 5.74) is 5.91. The number of amides is 1. The van der Waals surface area contributed by atoms with Crippen LogP contribution in [-0.2, 0) is 4.79 Å². The van der Waals surface area contributed by atoms with Crippen molar-refractivity contribution in [2.45, 2.75) is 38.8 Å². The first kappa shape index (κ1) is 13.5. The molecule has 0 saturated carbocycles. The highest BCUT2D eigenvalue weighted by molar-refractivity contribution is 5.82. The van der Waals surface area contributed by atoms with Crippen LogP contribution in [0.1, 0.15) is 26.7 Å². The Hall–Kier alpha value is -0.610. The molecule has 1 aliphatic heterocycles. The number of hydrogen-bond donors (Lipinski definition) is 1. The van der Waals surface area contributed by atoms with Gasteiger partial charge in [0, 0.05) is 19.1 Å². The summed E-state index contributed by atoms with van der Waals surface area (Å²) in [6.45, 7) is 5.68. The molecule has 2 N–H and O–H groups in total. The molecular formula is C12H25N3O. The Morgan fingerprint density at radius 2 is 2.06 bits per heavy atom. The molecule has 0 aromatic carbocycles. The number of nitrogens with zero attached hydrogens (tertiary/aromatic N) is 2. The van der Waals surface area contributed by atoms with Crippen LogP contribution in [0.4, 0.5) is 0 Å². The highest BCUT2D eigenvalue weighted by Gasteiger charge is 2.28. The molecule has 0 spiro atoms. The van der Waals surface area contributed by atoms with Gasteiger partial charge in [-0.3, -0.25) is 4.79 Å². The number of rotatable bonds is 3. The second-order valence-corrected chi connectivity index (χ2v) is 5.31. The normalized spacial score (nSPS) is 23.9. The lowest BCUT2D eigenvalue weighted by atomic mass is 10.00. The minimum atomic E-state index is -0.346. The predicted molar refractivity (Wildman–Crippen MR) is 66.1 cm³/mol. The van der Waals surface area contributed by atoms with Crippen molar-refractivity contribution in [1.29, 1.82) is 0 Å². The first-order chi connectivity index (χ1) is 7.43. The van der Waals surface area contributed by atoms with Crippen LogP contribution >= 0.6 is 0 Å². The number of carbonyl (C=O) groups excluding carboxylic acids is 1. The smallest absolute Gasteiger partial charge is 0.239 e. The fraction of sp³-hybridized carbons (Fsp3) is 0.917. The number of likely N-dealkylation sites (N-methyl/N-ethyl adjacent to an activating group) is 1. The van der Waals surface area contributed by atoms with Crippen molar-refractivity contribution >= 4 is 5.91 Å². The summed E-state index contributed by atoms with van der Waals surface area (Å²) in [4.78, 5) is 16.2. The van der Waals surface area contributed by atoms with Crippen LogP contribution in [0.25, 0.3) is 0 Å². The van der Waals surface area contributed by atoms with Gasteiger partial charge in [-0.1, -0.05) is 13.8 Å². The molecule has 0 unspecified atom stereocenters. The Kier molecular flexibility index (Phi) is 4.74. The number of piperidine rings is 1. The summed E-state index contributed by atoms with van der Waals surface area (Å²) in [6.07, 6.45) is 2.26. The van der Waals surface area contributed by atoms with Crippen molar-refractivity contribution in [1.82, 2.24) is 9.80 Å². The van der Waals surface area contributed by atoms with Crippen molar-refractivity contribution in [2.75, 3.05) is 27.2 Å². The minimum absolute atomic E-state index is 0.113. The molecule has 1 heterocycles. The molecule has 0 radical (unpaired) electrons. The molecule has 1 saturated heterocycles. The van der Waals surface area contributed by atoms with E-state index in [1.165, 1.54) is 6.42 Å². The van der Waals surface area contributed by atoms with E-state index < -0.39 is 0 Å². The van der Waals surface area contributed by atoms with E-state index in [9.17, 15) is 4.79 Å². The molecule has 16 heavy (non-hydrogen) atoms. The van der Waals surface area contributed by atoms with Gasteiger partial charge in [-0.15, -0.1) is 0 Å². The Morgan fingerprint density at radius 1 is 1.44 bits per heavy atom. The molecule has 1 amide bonds. The van der Waals surface area contributed by atoms with Gasteiger partial charge in [0.05, 0.1) is 6.04 Å². The van der Waals surface area contributed by atoms with Gasteiger partial charge in [0.1, 0.15) is 0 Å². The largest absolute Gasteiger partial charge is 0.340 e. The van der Waals surface area contributed by atoms with Crippen molar-refractivity contribution in [3.63, 3.8) is 0 Å². The summed E-state index contributed by atoms with van der Waals surface area (Å²) in [7, 11) is 4.14. The van der Waals surface area contributed by atoms with Gasteiger partial charge < -0.3 is 15.5 Å². The third-order valence-corrected chi connectivity index (χ3v) is 3.44. The van der Waals surface area contributed by atoms with E-state index in [2.05, 4.69) is 19.0 Å². The molecule has 0 aliphatic carbocycles. The van der Waals surface area contributed by atoms with Gasteiger partial charge in [0.15, 0.2) is 0 Å².